The highest BCUT2D eigenvalue weighted by Gasteiger charge is 2.23. The summed E-state index contributed by atoms with van der Waals surface area (Å²) in [5.74, 6) is -0.653. The van der Waals surface area contributed by atoms with Crippen LogP contribution in [0.3, 0.4) is 0 Å². The van der Waals surface area contributed by atoms with Gasteiger partial charge >= 0.3 is 12.1 Å². The topological polar surface area (TPSA) is 124 Å². The monoisotopic (exact) mass is 436 g/mol. The van der Waals surface area contributed by atoms with E-state index in [2.05, 4.69) is 14.7 Å². The van der Waals surface area contributed by atoms with E-state index in [4.69, 9.17) is 10.7 Å². The molecule has 0 bridgehead atoms. The van der Waals surface area contributed by atoms with Gasteiger partial charge in [0, 0.05) is 37.7 Å². The summed E-state index contributed by atoms with van der Waals surface area (Å²) in [6, 6.07) is 9.14. The Morgan fingerprint density at radius 3 is 2.53 bits per heavy atom. The van der Waals surface area contributed by atoms with Crippen LogP contribution >= 0.6 is 0 Å². The number of primary amides is 1. The number of para-hydroxylation sites is 1. The molecule has 3 heterocycles. The number of esters is 1. The number of fused-ring (bicyclic) bond motifs is 1. The fourth-order valence-electron chi connectivity index (χ4n) is 3.89. The lowest BCUT2D eigenvalue weighted by Gasteiger charge is -2.36. The predicted molar refractivity (Wildman–Crippen MR) is 119 cm³/mol. The summed E-state index contributed by atoms with van der Waals surface area (Å²) in [7, 11) is 0. The Labute approximate surface area is 184 Å². The van der Waals surface area contributed by atoms with Gasteiger partial charge in [-0.2, -0.15) is 4.98 Å². The SMILES string of the molecule is CCN(c1ncc2c(=O)c(C(=O)OC(N)=O)cn(-c3ccccc3)c2n1)N1CCCCC1. The molecule has 32 heavy (non-hydrogen) atoms. The molecular formula is C22H24N6O4. The van der Waals surface area contributed by atoms with Crippen molar-refractivity contribution >= 4 is 29.0 Å². The van der Waals surface area contributed by atoms with Gasteiger partial charge < -0.3 is 15.0 Å². The van der Waals surface area contributed by atoms with Crippen LogP contribution in [0.1, 0.15) is 36.5 Å². The van der Waals surface area contributed by atoms with E-state index < -0.39 is 17.5 Å². The number of nitrogens with two attached hydrogens (primary N) is 1. The van der Waals surface area contributed by atoms with Crippen molar-refractivity contribution in [3.8, 4) is 5.69 Å². The van der Waals surface area contributed by atoms with Crippen LogP contribution in [0.5, 0.6) is 0 Å². The minimum atomic E-state index is -1.28. The van der Waals surface area contributed by atoms with Crippen LogP contribution in [-0.2, 0) is 4.74 Å². The minimum Gasteiger partial charge on any atom is -0.373 e. The zero-order chi connectivity index (χ0) is 22.7. The van der Waals surface area contributed by atoms with Crippen LogP contribution in [0.25, 0.3) is 16.7 Å². The standard InChI is InChI=1S/C22H24N6O4/c1-2-28(26-11-7-4-8-12-26)22-24-13-16-18(29)17(20(30)32-21(23)31)14-27(19(16)25-22)15-9-5-3-6-10-15/h3,5-6,9-10,13-14H,2,4,7-8,11-12H2,1H3,(H2,23,31). The fourth-order valence-corrected chi connectivity index (χ4v) is 3.89. The summed E-state index contributed by atoms with van der Waals surface area (Å²) in [4.78, 5) is 45.5. The first-order valence-corrected chi connectivity index (χ1v) is 10.5. The number of piperidine rings is 1. The van der Waals surface area contributed by atoms with Gasteiger partial charge in [0.2, 0.25) is 11.4 Å². The summed E-state index contributed by atoms with van der Waals surface area (Å²) in [5.41, 5.74) is 5.01. The fraction of sp³-hybridized carbons (Fsp3) is 0.318. The maximum Gasteiger partial charge on any atom is 0.412 e. The summed E-state index contributed by atoms with van der Waals surface area (Å²) in [6.07, 6.45) is 4.85. The lowest BCUT2D eigenvalue weighted by atomic mass is 10.2. The molecule has 1 saturated heterocycles. The number of pyridine rings is 1. The van der Waals surface area contributed by atoms with Crippen molar-refractivity contribution in [1.29, 1.82) is 0 Å². The highest BCUT2D eigenvalue weighted by Crippen LogP contribution is 2.21. The van der Waals surface area contributed by atoms with Gasteiger partial charge in [-0.1, -0.05) is 24.6 Å². The van der Waals surface area contributed by atoms with E-state index in [0.29, 0.717) is 23.8 Å². The normalized spacial score (nSPS) is 14.3. The van der Waals surface area contributed by atoms with Crippen molar-refractivity contribution in [2.24, 2.45) is 5.73 Å². The molecule has 1 aromatic carbocycles. The summed E-state index contributed by atoms with van der Waals surface area (Å²) in [6.45, 7) is 4.52. The van der Waals surface area contributed by atoms with Crippen LogP contribution in [0.2, 0.25) is 0 Å². The Balaban J connectivity index is 1.90. The summed E-state index contributed by atoms with van der Waals surface area (Å²) in [5, 5.41) is 4.35. The molecule has 2 N–H and O–H groups in total. The smallest absolute Gasteiger partial charge is 0.373 e. The van der Waals surface area contributed by atoms with Gasteiger partial charge in [-0.3, -0.25) is 9.80 Å². The average Bonchev–Trinajstić information content (AvgIpc) is 2.80. The van der Waals surface area contributed by atoms with Crippen LogP contribution < -0.4 is 16.2 Å². The number of carbonyl (C=O) groups excluding carboxylic acids is 2. The third-order valence-electron chi connectivity index (χ3n) is 5.38. The first-order chi connectivity index (χ1) is 15.5. The third kappa shape index (κ3) is 4.17. The Bertz CT molecular complexity index is 1200. The Kier molecular flexibility index (Phi) is 6.13. The number of benzene rings is 1. The zero-order valence-corrected chi connectivity index (χ0v) is 17.7. The number of amides is 1. The van der Waals surface area contributed by atoms with E-state index in [0.717, 1.165) is 25.9 Å². The largest absolute Gasteiger partial charge is 0.412 e. The maximum absolute atomic E-state index is 13.0. The molecule has 1 aliphatic rings. The first-order valence-electron chi connectivity index (χ1n) is 10.5. The number of carbonyl (C=O) groups is 2. The minimum absolute atomic E-state index is 0.131. The van der Waals surface area contributed by atoms with Crippen molar-refractivity contribution in [2.75, 3.05) is 24.6 Å². The second kappa shape index (κ2) is 9.15. The number of rotatable bonds is 5. The number of aromatic nitrogens is 3. The molecule has 0 unspecified atom stereocenters. The molecule has 1 amide bonds. The number of hydrogen-bond acceptors (Lipinski definition) is 8. The van der Waals surface area contributed by atoms with Crippen molar-refractivity contribution in [2.45, 2.75) is 26.2 Å². The van der Waals surface area contributed by atoms with Gasteiger partial charge in [0.1, 0.15) is 5.56 Å². The lowest BCUT2D eigenvalue weighted by Crippen LogP contribution is -2.46. The number of ether oxygens (including phenoxy) is 1. The number of hydrogen-bond donors (Lipinski definition) is 1. The Hall–Kier alpha value is -3.79. The van der Waals surface area contributed by atoms with Crippen molar-refractivity contribution < 1.29 is 14.3 Å². The van der Waals surface area contributed by atoms with Crippen molar-refractivity contribution in [3.63, 3.8) is 0 Å². The van der Waals surface area contributed by atoms with E-state index in [1.165, 1.54) is 18.8 Å². The number of anilines is 1. The van der Waals surface area contributed by atoms with E-state index >= 15 is 0 Å². The van der Waals surface area contributed by atoms with Gasteiger partial charge in [0.25, 0.3) is 0 Å². The molecule has 166 valence electrons. The number of hydrazine groups is 1. The third-order valence-corrected chi connectivity index (χ3v) is 5.38. The summed E-state index contributed by atoms with van der Waals surface area (Å²) < 4.78 is 6.06. The molecule has 0 radical (unpaired) electrons. The maximum atomic E-state index is 13.0. The van der Waals surface area contributed by atoms with Gasteiger partial charge in [0.15, 0.2) is 5.65 Å². The van der Waals surface area contributed by atoms with Crippen molar-refractivity contribution in [1.82, 2.24) is 19.5 Å². The van der Waals surface area contributed by atoms with Crippen molar-refractivity contribution in [3.05, 3.63) is 58.5 Å². The molecule has 1 fully saturated rings. The molecule has 0 aliphatic carbocycles. The van der Waals surface area contributed by atoms with Gasteiger partial charge in [-0.05, 0) is 31.9 Å². The van der Waals surface area contributed by atoms with Crippen LogP contribution in [0.4, 0.5) is 10.7 Å². The molecule has 10 heteroatoms. The quantitative estimate of drug-likeness (QED) is 0.477. The van der Waals surface area contributed by atoms with Gasteiger partial charge in [0.05, 0.1) is 5.39 Å². The zero-order valence-electron chi connectivity index (χ0n) is 17.7. The molecular weight excluding hydrogens is 412 g/mol. The lowest BCUT2D eigenvalue weighted by molar-refractivity contribution is 0.0636. The molecule has 0 saturated carbocycles. The number of nitrogens with zero attached hydrogens (tertiary/aromatic N) is 5. The van der Waals surface area contributed by atoms with E-state index in [9.17, 15) is 14.4 Å². The van der Waals surface area contributed by atoms with Crippen LogP contribution in [0, 0.1) is 0 Å². The second-order valence-electron chi connectivity index (χ2n) is 7.42. The van der Waals surface area contributed by atoms with Crippen LogP contribution in [0.15, 0.2) is 47.5 Å². The van der Waals surface area contributed by atoms with Gasteiger partial charge in [-0.25, -0.2) is 19.6 Å². The second-order valence-corrected chi connectivity index (χ2v) is 7.42. The molecule has 0 atom stereocenters. The Morgan fingerprint density at radius 2 is 1.88 bits per heavy atom. The predicted octanol–water partition coefficient (Wildman–Crippen LogP) is 2.24. The van der Waals surface area contributed by atoms with E-state index in [1.807, 2.05) is 42.3 Å². The molecule has 0 spiro atoms. The molecule has 2 aromatic heterocycles. The highest BCUT2D eigenvalue weighted by molar-refractivity contribution is 5.98. The highest BCUT2D eigenvalue weighted by atomic mass is 16.6. The Morgan fingerprint density at radius 1 is 1.16 bits per heavy atom. The molecule has 4 rings (SSSR count). The molecule has 10 nitrogen and oxygen atoms in total. The van der Waals surface area contributed by atoms with E-state index in [-0.39, 0.29) is 10.9 Å². The molecule has 1 aliphatic heterocycles. The summed E-state index contributed by atoms with van der Waals surface area (Å²) >= 11 is 0. The average molecular weight is 436 g/mol. The van der Waals surface area contributed by atoms with Crippen LogP contribution in [-0.4, -0.2) is 51.2 Å². The first kappa shape index (κ1) is 21.4. The van der Waals surface area contributed by atoms with Gasteiger partial charge in [-0.15, -0.1) is 0 Å². The molecule has 3 aromatic rings. The van der Waals surface area contributed by atoms with E-state index in [1.54, 1.807) is 4.57 Å².